The van der Waals surface area contributed by atoms with Gasteiger partial charge in [0.2, 0.25) is 0 Å². The first-order valence-corrected chi connectivity index (χ1v) is 3.94. The van der Waals surface area contributed by atoms with Gasteiger partial charge >= 0.3 is 0 Å². The predicted octanol–water partition coefficient (Wildman–Crippen LogP) is 2.48. The van der Waals surface area contributed by atoms with Crippen LogP contribution in [-0.4, -0.2) is 19.0 Å². The standard InChI is InChI=1S/C9H8N4/c10-13-9-3-1-2-8-7(9)6-11-4-5-12-8/h1-3,5-6,10H,4H2. The molecule has 13 heavy (non-hydrogen) atoms. The molecule has 0 aliphatic carbocycles. The molecule has 1 aromatic rings. The van der Waals surface area contributed by atoms with Gasteiger partial charge in [-0.15, -0.1) is 0 Å². The Hall–Kier alpha value is -1.84. The molecule has 1 aromatic carbocycles. The van der Waals surface area contributed by atoms with E-state index in [-0.39, 0.29) is 0 Å². The first kappa shape index (κ1) is 7.79. The minimum absolute atomic E-state index is 0.589. The molecular formula is C9H8N4. The van der Waals surface area contributed by atoms with Crippen LogP contribution in [0.2, 0.25) is 0 Å². The Bertz CT molecular complexity index is 393. The Morgan fingerprint density at radius 3 is 3.15 bits per heavy atom. The van der Waals surface area contributed by atoms with Crippen LogP contribution in [0.4, 0.5) is 11.4 Å². The van der Waals surface area contributed by atoms with Gasteiger partial charge in [0, 0.05) is 18.0 Å². The maximum Gasteiger partial charge on any atom is 0.0959 e. The molecule has 0 fully saturated rings. The zero-order valence-corrected chi connectivity index (χ0v) is 6.94. The van der Waals surface area contributed by atoms with Crippen LogP contribution in [0.1, 0.15) is 5.56 Å². The third-order valence-electron chi connectivity index (χ3n) is 1.82. The van der Waals surface area contributed by atoms with Crippen LogP contribution in [0.5, 0.6) is 0 Å². The second kappa shape index (κ2) is 3.26. The van der Waals surface area contributed by atoms with Crippen molar-refractivity contribution in [1.29, 1.82) is 5.53 Å². The molecule has 4 nitrogen and oxygen atoms in total. The van der Waals surface area contributed by atoms with Crippen LogP contribution in [-0.2, 0) is 0 Å². The largest absolute Gasteiger partial charge is 0.287 e. The van der Waals surface area contributed by atoms with Gasteiger partial charge in [0.1, 0.15) is 0 Å². The van der Waals surface area contributed by atoms with Crippen LogP contribution in [0.15, 0.2) is 33.3 Å². The van der Waals surface area contributed by atoms with E-state index in [4.69, 9.17) is 5.53 Å². The zero-order chi connectivity index (χ0) is 9.10. The highest BCUT2D eigenvalue weighted by atomic mass is 15.0. The SMILES string of the molecule is N=Nc1cccc2c1C=NCC=N2. The van der Waals surface area contributed by atoms with Crippen molar-refractivity contribution in [3.05, 3.63) is 23.8 Å². The Labute approximate surface area is 75.5 Å². The maximum absolute atomic E-state index is 6.97. The van der Waals surface area contributed by atoms with Crippen molar-refractivity contribution in [2.75, 3.05) is 6.54 Å². The van der Waals surface area contributed by atoms with Gasteiger partial charge in [0.15, 0.2) is 0 Å². The molecule has 0 aromatic heterocycles. The second-order valence-corrected chi connectivity index (χ2v) is 2.63. The van der Waals surface area contributed by atoms with E-state index in [1.807, 2.05) is 12.1 Å². The van der Waals surface area contributed by atoms with Crippen molar-refractivity contribution in [1.82, 2.24) is 0 Å². The Balaban J connectivity index is 2.66. The van der Waals surface area contributed by atoms with Gasteiger partial charge in [-0.2, -0.15) is 5.11 Å². The monoisotopic (exact) mass is 172 g/mol. The smallest absolute Gasteiger partial charge is 0.0959 e. The number of benzene rings is 1. The van der Waals surface area contributed by atoms with Crippen LogP contribution in [0.3, 0.4) is 0 Å². The molecule has 1 heterocycles. The predicted molar refractivity (Wildman–Crippen MR) is 51.9 cm³/mol. The summed E-state index contributed by atoms with van der Waals surface area (Å²) in [5, 5.41) is 3.41. The Kier molecular flexibility index (Phi) is 1.96. The molecular weight excluding hydrogens is 164 g/mol. The molecule has 0 spiro atoms. The Morgan fingerprint density at radius 1 is 1.38 bits per heavy atom. The topological polar surface area (TPSA) is 60.9 Å². The van der Waals surface area contributed by atoms with E-state index in [1.54, 1.807) is 18.5 Å². The van der Waals surface area contributed by atoms with E-state index in [9.17, 15) is 0 Å². The van der Waals surface area contributed by atoms with Crippen molar-refractivity contribution in [2.24, 2.45) is 15.1 Å². The molecule has 0 saturated heterocycles. The van der Waals surface area contributed by atoms with E-state index in [2.05, 4.69) is 15.1 Å². The average molecular weight is 172 g/mol. The zero-order valence-electron chi connectivity index (χ0n) is 6.94. The summed E-state index contributed by atoms with van der Waals surface area (Å²) < 4.78 is 0. The van der Waals surface area contributed by atoms with Gasteiger partial charge in [0.05, 0.1) is 17.9 Å². The average Bonchev–Trinajstić information content (AvgIpc) is 2.41. The van der Waals surface area contributed by atoms with Gasteiger partial charge in [-0.1, -0.05) is 6.07 Å². The van der Waals surface area contributed by atoms with Crippen LogP contribution in [0.25, 0.3) is 0 Å². The second-order valence-electron chi connectivity index (χ2n) is 2.63. The van der Waals surface area contributed by atoms with Gasteiger partial charge < -0.3 is 0 Å². The highest BCUT2D eigenvalue weighted by Crippen LogP contribution is 2.27. The quantitative estimate of drug-likeness (QED) is 0.632. The molecule has 0 bridgehead atoms. The molecule has 0 radical (unpaired) electrons. The highest BCUT2D eigenvalue weighted by Gasteiger charge is 2.05. The molecule has 0 unspecified atom stereocenters. The fraction of sp³-hybridized carbons (Fsp3) is 0.111. The number of nitrogens with one attached hydrogen (secondary N) is 1. The van der Waals surface area contributed by atoms with Crippen molar-refractivity contribution in [3.8, 4) is 0 Å². The number of nitrogens with zero attached hydrogens (tertiary/aromatic N) is 3. The molecule has 2 rings (SSSR count). The summed E-state index contributed by atoms with van der Waals surface area (Å²) in [6.45, 7) is 0.589. The van der Waals surface area contributed by atoms with E-state index in [0.29, 0.717) is 12.2 Å². The fourth-order valence-electron chi connectivity index (χ4n) is 1.21. The first-order chi connectivity index (χ1) is 6.42. The highest BCUT2D eigenvalue weighted by molar-refractivity contribution is 5.95. The summed E-state index contributed by atoms with van der Waals surface area (Å²) in [4.78, 5) is 8.31. The van der Waals surface area contributed by atoms with Gasteiger partial charge in [-0.25, -0.2) is 5.53 Å². The van der Waals surface area contributed by atoms with Crippen LogP contribution in [0, 0.1) is 5.53 Å². The summed E-state index contributed by atoms with van der Waals surface area (Å²) in [6.07, 6.45) is 3.46. The molecule has 64 valence electrons. The first-order valence-electron chi connectivity index (χ1n) is 3.94. The summed E-state index contributed by atoms with van der Waals surface area (Å²) in [6, 6.07) is 5.50. The number of hydrogen-bond acceptors (Lipinski definition) is 4. The van der Waals surface area contributed by atoms with Crippen molar-refractivity contribution >= 4 is 23.8 Å². The van der Waals surface area contributed by atoms with Crippen LogP contribution >= 0.6 is 0 Å². The van der Waals surface area contributed by atoms with Gasteiger partial charge in [-0.3, -0.25) is 9.98 Å². The number of hydrogen-bond donors (Lipinski definition) is 1. The molecule has 1 aliphatic rings. The summed E-state index contributed by atoms with van der Waals surface area (Å²) in [7, 11) is 0. The summed E-state index contributed by atoms with van der Waals surface area (Å²) in [5.41, 5.74) is 9.23. The third kappa shape index (κ3) is 1.38. The molecule has 0 saturated carbocycles. The Morgan fingerprint density at radius 2 is 2.31 bits per heavy atom. The normalized spacial score (nSPS) is 13.5. The molecule has 0 atom stereocenters. The lowest BCUT2D eigenvalue weighted by atomic mass is 10.1. The lowest BCUT2D eigenvalue weighted by Crippen LogP contribution is -1.81. The molecule has 1 N–H and O–H groups in total. The summed E-state index contributed by atoms with van der Waals surface area (Å²) >= 11 is 0. The van der Waals surface area contributed by atoms with Gasteiger partial charge in [-0.05, 0) is 12.1 Å². The van der Waals surface area contributed by atoms with Crippen molar-refractivity contribution in [2.45, 2.75) is 0 Å². The minimum atomic E-state index is 0.589. The van der Waals surface area contributed by atoms with Crippen molar-refractivity contribution in [3.63, 3.8) is 0 Å². The number of aliphatic imine (C=N–C) groups is 2. The van der Waals surface area contributed by atoms with E-state index in [0.717, 1.165) is 11.3 Å². The van der Waals surface area contributed by atoms with Gasteiger partial charge in [0.25, 0.3) is 0 Å². The molecule has 4 heteroatoms. The van der Waals surface area contributed by atoms with E-state index in [1.165, 1.54) is 0 Å². The number of rotatable bonds is 1. The van der Waals surface area contributed by atoms with E-state index < -0.39 is 0 Å². The molecule has 1 aliphatic heterocycles. The third-order valence-corrected chi connectivity index (χ3v) is 1.82. The maximum atomic E-state index is 6.97. The summed E-state index contributed by atoms with van der Waals surface area (Å²) in [5.74, 6) is 0. The molecule has 0 amide bonds. The van der Waals surface area contributed by atoms with Crippen molar-refractivity contribution < 1.29 is 0 Å². The fourth-order valence-corrected chi connectivity index (χ4v) is 1.21. The minimum Gasteiger partial charge on any atom is -0.287 e. The number of fused-ring (bicyclic) bond motifs is 1. The lowest BCUT2D eigenvalue weighted by Gasteiger charge is -2.00. The lowest BCUT2D eigenvalue weighted by molar-refractivity contribution is 1.14. The van der Waals surface area contributed by atoms with E-state index >= 15 is 0 Å². The van der Waals surface area contributed by atoms with Crippen LogP contribution < -0.4 is 0 Å².